The molecule has 1 aliphatic rings. The fraction of sp³-hybridized carbons (Fsp3) is 0. The second-order valence-electron chi connectivity index (χ2n) is 4.92. The third kappa shape index (κ3) is 1.90. The van der Waals surface area contributed by atoms with Crippen LogP contribution in [0.1, 0.15) is 31.8 Å². The summed E-state index contributed by atoms with van der Waals surface area (Å²) in [5, 5.41) is 41.5. The molecule has 1 aliphatic carbocycles. The minimum Gasteiger partial charge on any atom is -0.507 e. The number of carbonyl (C=O) groups excluding carboxylic acids is 2. The molecule has 0 atom stereocenters. The Bertz CT molecular complexity index is 979. The lowest BCUT2D eigenvalue weighted by Gasteiger charge is -2.18. The summed E-state index contributed by atoms with van der Waals surface area (Å²) in [5.74, 6) is -3.82. The van der Waals surface area contributed by atoms with Crippen molar-refractivity contribution in [1.82, 2.24) is 0 Å². The average Bonchev–Trinajstić information content (AvgIpc) is 2.53. The standard InChI is InChI=1S/C14H6N2O8/c17-9-4-8(16(23)24)14(20)11-10(9)12(18)6-2-1-5(15(21)22)3-7(6)13(11)19/h1-4,17,20H. The van der Waals surface area contributed by atoms with Crippen molar-refractivity contribution in [3.8, 4) is 11.5 Å². The fourth-order valence-electron chi connectivity index (χ4n) is 2.54. The monoisotopic (exact) mass is 330 g/mol. The molecule has 2 aromatic rings. The molecule has 0 bridgehead atoms. The quantitative estimate of drug-likeness (QED) is 0.407. The van der Waals surface area contributed by atoms with Gasteiger partial charge in [0.1, 0.15) is 5.75 Å². The molecule has 2 N–H and O–H groups in total. The Morgan fingerprint density at radius 1 is 0.833 bits per heavy atom. The van der Waals surface area contributed by atoms with Crippen molar-refractivity contribution in [2.75, 3.05) is 0 Å². The predicted octanol–water partition coefficient (Wildman–Crippen LogP) is 1.69. The van der Waals surface area contributed by atoms with Crippen molar-refractivity contribution in [1.29, 1.82) is 0 Å². The first-order chi connectivity index (χ1) is 11.2. The van der Waals surface area contributed by atoms with E-state index in [4.69, 9.17) is 0 Å². The van der Waals surface area contributed by atoms with E-state index < -0.39 is 55.4 Å². The summed E-state index contributed by atoms with van der Waals surface area (Å²) in [7, 11) is 0. The van der Waals surface area contributed by atoms with E-state index in [-0.39, 0.29) is 11.1 Å². The summed E-state index contributed by atoms with van der Waals surface area (Å²) < 4.78 is 0. The van der Waals surface area contributed by atoms with Crippen LogP contribution in [0.25, 0.3) is 0 Å². The molecule has 24 heavy (non-hydrogen) atoms. The van der Waals surface area contributed by atoms with Gasteiger partial charge in [-0.2, -0.15) is 0 Å². The molecule has 10 nitrogen and oxygen atoms in total. The summed E-state index contributed by atoms with van der Waals surface area (Å²) in [4.78, 5) is 44.8. The number of phenolic OH excluding ortho intramolecular Hbond substituents is 2. The molecule has 10 heteroatoms. The van der Waals surface area contributed by atoms with E-state index in [9.17, 15) is 40.0 Å². The van der Waals surface area contributed by atoms with Gasteiger partial charge < -0.3 is 10.2 Å². The molecule has 0 saturated carbocycles. The second kappa shape index (κ2) is 4.84. The van der Waals surface area contributed by atoms with Crippen LogP contribution in [0, 0.1) is 20.2 Å². The third-order valence-corrected chi connectivity index (χ3v) is 3.61. The number of fused-ring (bicyclic) bond motifs is 2. The van der Waals surface area contributed by atoms with Gasteiger partial charge in [0, 0.05) is 23.3 Å². The molecule has 3 rings (SSSR count). The molecular weight excluding hydrogens is 324 g/mol. The van der Waals surface area contributed by atoms with Crippen LogP contribution in [0.15, 0.2) is 24.3 Å². The number of carbonyl (C=O) groups is 2. The second-order valence-corrected chi connectivity index (χ2v) is 4.92. The number of hydrogen-bond donors (Lipinski definition) is 2. The molecule has 0 aromatic heterocycles. The SMILES string of the molecule is O=C1c2ccc([N+](=O)[O-])cc2C(=O)c2c(O)c([N+](=O)[O-])cc(O)c21. The zero-order valence-electron chi connectivity index (χ0n) is 11.5. The van der Waals surface area contributed by atoms with E-state index in [0.29, 0.717) is 6.07 Å². The van der Waals surface area contributed by atoms with Gasteiger partial charge in [-0.25, -0.2) is 0 Å². The molecule has 2 aromatic carbocycles. The Kier molecular flexibility index (Phi) is 3.04. The van der Waals surface area contributed by atoms with Gasteiger partial charge in [-0.3, -0.25) is 29.8 Å². The Morgan fingerprint density at radius 3 is 2.04 bits per heavy atom. The Labute approximate surface area is 131 Å². The lowest BCUT2D eigenvalue weighted by Crippen LogP contribution is -2.21. The predicted molar refractivity (Wildman–Crippen MR) is 76.4 cm³/mol. The molecular formula is C14H6N2O8. The highest BCUT2D eigenvalue weighted by Crippen LogP contribution is 2.43. The number of nitro groups is 2. The smallest absolute Gasteiger partial charge is 0.315 e. The summed E-state index contributed by atoms with van der Waals surface area (Å²) in [6, 6.07) is 3.47. The van der Waals surface area contributed by atoms with E-state index in [1.165, 1.54) is 0 Å². The number of phenols is 2. The molecule has 0 unspecified atom stereocenters. The summed E-state index contributed by atoms with van der Waals surface area (Å²) >= 11 is 0. The Hall–Kier alpha value is -3.82. The minimum absolute atomic E-state index is 0.207. The number of ketones is 2. The van der Waals surface area contributed by atoms with Crippen molar-refractivity contribution in [3.63, 3.8) is 0 Å². The maximum absolute atomic E-state index is 12.5. The van der Waals surface area contributed by atoms with E-state index in [2.05, 4.69) is 0 Å². The normalized spacial score (nSPS) is 12.5. The largest absolute Gasteiger partial charge is 0.507 e. The van der Waals surface area contributed by atoms with Crippen LogP contribution in [0.4, 0.5) is 11.4 Å². The number of non-ortho nitro benzene ring substituents is 1. The highest BCUT2D eigenvalue weighted by atomic mass is 16.6. The van der Waals surface area contributed by atoms with Gasteiger partial charge in [0.25, 0.3) is 5.69 Å². The number of aromatic hydroxyl groups is 2. The number of hydrogen-bond acceptors (Lipinski definition) is 8. The molecule has 0 aliphatic heterocycles. The van der Waals surface area contributed by atoms with Crippen LogP contribution in [-0.2, 0) is 0 Å². The van der Waals surface area contributed by atoms with Crippen LogP contribution >= 0.6 is 0 Å². The zero-order valence-corrected chi connectivity index (χ0v) is 11.5. The highest BCUT2D eigenvalue weighted by molar-refractivity contribution is 6.30. The Morgan fingerprint density at radius 2 is 1.46 bits per heavy atom. The third-order valence-electron chi connectivity index (χ3n) is 3.61. The van der Waals surface area contributed by atoms with Gasteiger partial charge >= 0.3 is 5.69 Å². The average molecular weight is 330 g/mol. The number of benzene rings is 2. The van der Waals surface area contributed by atoms with Gasteiger partial charge in [0.05, 0.1) is 27.0 Å². The fourth-order valence-corrected chi connectivity index (χ4v) is 2.54. The molecule has 0 saturated heterocycles. The maximum atomic E-state index is 12.5. The molecule has 0 spiro atoms. The zero-order chi connectivity index (χ0) is 17.8. The van der Waals surface area contributed by atoms with Crippen molar-refractivity contribution in [3.05, 3.63) is 66.7 Å². The summed E-state index contributed by atoms with van der Waals surface area (Å²) in [6.45, 7) is 0. The molecule has 0 fully saturated rings. The van der Waals surface area contributed by atoms with Crippen molar-refractivity contribution in [2.24, 2.45) is 0 Å². The van der Waals surface area contributed by atoms with Gasteiger partial charge in [0.2, 0.25) is 5.75 Å². The lowest BCUT2D eigenvalue weighted by molar-refractivity contribution is -0.386. The highest BCUT2D eigenvalue weighted by Gasteiger charge is 2.38. The van der Waals surface area contributed by atoms with Gasteiger partial charge in [-0.1, -0.05) is 0 Å². The van der Waals surface area contributed by atoms with Crippen LogP contribution in [-0.4, -0.2) is 31.6 Å². The van der Waals surface area contributed by atoms with Crippen LogP contribution < -0.4 is 0 Å². The first-order valence-electron chi connectivity index (χ1n) is 6.35. The van der Waals surface area contributed by atoms with Crippen molar-refractivity contribution >= 4 is 22.9 Å². The molecule has 120 valence electrons. The maximum Gasteiger partial charge on any atom is 0.315 e. The molecule has 0 amide bonds. The van der Waals surface area contributed by atoms with Gasteiger partial charge in [0.15, 0.2) is 11.6 Å². The van der Waals surface area contributed by atoms with E-state index in [1.54, 1.807) is 0 Å². The van der Waals surface area contributed by atoms with Crippen molar-refractivity contribution < 1.29 is 29.6 Å². The van der Waals surface area contributed by atoms with E-state index in [1.807, 2.05) is 0 Å². The van der Waals surface area contributed by atoms with Gasteiger partial charge in [-0.15, -0.1) is 0 Å². The number of rotatable bonds is 2. The minimum atomic E-state index is -1.08. The molecule has 0 radical (unpaired) electrons. The van der Waals surface area contributed by atoms with Crippen molar-refractivity contribution in [2.45, 2.75) is 0 Å². The number of nitrogens with zero attached hydrogens (tertiary/aromatic N) is 2. The van der Waals surface area contributed by atoms with E-state index >= 15 is 0 Å². The van der Waals surface area contributed by atoms with Crippen LogP contribution in [0.5, 0.6) is 11.5 Å². The lowest BCUT2D eigenvalue weighted by atomic mass is 9.82. The van der Waals surface area contributed by atoms with Crippen LogP contribution in [0.2, 0.25) is 0 Å². The number of nitro benzene ring substituents is 2. The first-order valence-corrected chi connectivity index (χ1v) is 6.35. The summed E-state index contributed by atoms with van der Waals surface area (Å²) in [6.07, 6.45) is 0. The first kappa shape index (κ1) is 15.1. The summed E-state index contributed by atoms with van der Waals surface area (Å²) in [5.41, 5.74) is -3.34. The van der Waals surface area contributed by atoms with Gasteiger partial charge in [-0.05, 0) is 6.07 Å². The topological polar surface area (TPSA) is 161 Å². The van der Waals surface area contributed by atoms with Crippen LogP contribution in [0.3, 0.4) is 0 Å². The molecule has 0 heterocycles. The Balaban J connectivity index is 2.36. The van der Waals surface area contributed by atoms with E-state index in [0.717, 1.165) is 18.2 Å².